The SMILES string of the molecule is Cl.Cl.Cn1ccnc1N1CCN(Cc2ccccc2F)CC1. The molecular weight excluding hydrogens is 326 g/mol. The smallest absolute Gasteiger partial charge is 0.205 e. The van der Waals surface area contributed by atoms with E-state index >= 15 is 0 Å². The Balaban J connectivity index is 0.00000121. The van der Waals surface area contributed by atoms with Crippen molar-refractivity contribution in [3.8, 4) is 0 Å². The van der Waals surface area contributed by atoms with Crippen LogP contribution in [0.25, 0.3) is 0 Å². The summed E-state index contributed by atoms with van der Waals surface area (Å²) < 4.78 is 15.7. The molecule has 1 aliphatic rings. The lowest BCUT2D eigenvalue weighted by Crippen LogP contribution is -2.46. The van der Waals surface area contributed by atoms with Gasteiger partial charge in [-0.3, -0.25) is 4.90 Å². The van der Waals surface area contributed by atoms with Crippen molar-refractivity contribution in [1.29, 1.82) is 0 Å². The Labute approximate surface area is 142 Å². The number of piperazine rings is 1. The van der Waals surface area contributed by atoms with E-state index in [9.17, 15) is 4.39 Å². The molecule has 0 unspecified atom stereocenters. The fraction of sp³-hybridized carbons (Fsp3) is 0.400. The molecule has 122 valence electrons. The lowest BCUT2D eigenvalue weighted by Gasteiger charge is -2.35. The van der Waals surface area contributed by atoms with Crippen molar-refractivity contribution in [2.45, 2.75) is 6.54 Å². The number of benzene rings is 1. The van der Waals surface area contributed by atoms with Crippen molar-refractivity contribution in [2.24, 2.45) is 7.05 Å². The van der Waals surface area contributed by atoms with Gasteiger partial charge < -0.3 is 9.47 Å². The molecule has 2 aromatic rings. The Bertz CT molecular complexity index is 582. The monoisotopic (exact) mass is 346 g/mol. The molecule has 0 spiro atoms. The second-order valence-corrected chi connectivity index (χ2v) is 5.19. The summed E-state index contributed by atoms with van der Waals surface area (Å²) in [5.41, 5.74) is 0.776. The Kier molecular flexibility index (Phi) is 7.13. The van der Waals surface area contributed by atoms with Gasteiger partial charge in [0.1, 0.15) is 5.82 Å². The molecule has 4 nitrogen and oxygen atoms in total. The minimum atomic E-state index is -0.112. The van der Waals surface area contributed by atoms with Crippen LogP contribution in [-0.4, -0.2) is 40.6 Å². The van der Waals surface area contributed by atoms with Crippen LogP contribution in [-0.2, 0) is 13.6 Å². The Morgan fingerprint density at radius 3 is 2.36 bits per heavy atom. The van der Waals surface area contributed by atoms with Gasteiger partial charge in [-0.15, -0.1) is 24.8 Å². The summed E-state index contributed by atoms with van der Waals surface area (Å²) in [6.45, 7) is 4.40. The van der Waals surface area contributed by atoms with Gasteiger partial charge in [-0.25, -0.2) is 9.37 Å². The average Bonchev–Trinajstić information content (AvgIpc) is 2.89. The molecule has 1 aromatic heterocycles. The van der Waals surface area contributed by atoms with Crippen molar-refractivity contribution in [3.05, 3.63) is 48.0 Å². The van der Waals surface area contributed by atoms with Crippen molar-refractivity contribution in [3.63, 3.8) is 0 Å². The fourth-order valence-electron chi connectivity index (χ4n) is 2.64. The van der Waals surface area contributed by atoms with Gasteiger partial charge in [0.2, 0.25) is 5.95 Å². The molecule has 0 aliphatic carbocycles. The van der Waals surface area contributed by atoms with Crippen molar-refractivity contribution < 1.29 is 4.39 Å². The van der Waals surface area contributed by atoms with Gasteiger partial charge in [-0.05, 0) is 6.07 Å². The highest BCUT2D eigenvalue weighted by Gasteiger charge is 2.20. The minimum absolute atomic E-state index is 0. The topological polar surface area (TPSA) is 24.3 Å². The van der Waals surface area contributed by atoms with Gasteiger partial charge >= 0.3 is 0 Å². The van der Waals surface area contributed by atoms with Crippen molar-refractivity contribution in [1.82, 2.24) is 14.5 Å². The molecule has 7 heteroatoms. The maximum Gasteiger partial charge on any atom is 0.205 e. The number of imidazole rings is 1. The van der Waals surface area contributed by atoms with Crippen LogP contribution in [0.4, 0.5) is 10.3 Å². The predicted molar refractivity (Wildman–Crippen MR) is 91.6 cm³/mol. The number of rotatable bonds is 3. The average molecular weight is 347 g/mol. The molecule has 0 radical (unpaired) electrons. The highest BCUT2D eigenvalue weighted by atomic mass is 35.5. The first kappa shape index (κ1) is 18.7. The fourth-order valence-corrected chi connectivity index (χ4v) is 2.64. The Morgan fingerprint density at radius 1 is 1.09 bits per heavy atom. The number of aromatic nitrogens is 2. The van der Waals surface area contributed by atoms with Gasteiger partial charge in [0.05, 0.1) is 0 Å². The van der Waals surface area contributed by atoms with Crippen LogP contribution in [0.3, 0.4) is 0 Å². The molecule has 0 bridgehead atoms. The zero-order valence-electron chi connectivity index (χ0n) is 12.5. The summed E-state index contributed by atoms with van der Waals surface area (Å²) in [7, 11) is 2.01. The van der Waals surface area contributed by atoms with Crippen LogP contribution in [0.1, 0.15) is 5.56 Å². The molecule has 1 aliphatic heterocycles. The molecule has 1 aromatic carbocycles. The van der Waals surface area contributed by atoms with Crippen LogP contribution in [0.2, 0.25) is 0 Å². The molecule has 22 heavy (non-hydrogen) atoms. The highest BCUT2D eigenvalue weighted by Crippen LogP contribution is 2.15. The summed E-state index contributed by atoms with van der Waals surface area (Å²) in [6.07, 6.45) is 3.78. The first-order valence-corrected chi connectivity index (χ1v) is 6.92. The molecule has 0 saturated carbocycles. The van der Waals surface area contributed by atoms with E-state index in [1.165, 1.54) is 6.07 Å². The van der Waals surface area contributed by atoms with Crippen LogP contribution in [0, 0.1) is 5.82 Å². The van der Waals surface area contributed by atoms with Gasteiger partial charge in [0, 0.05) is 57.7 Å². The van der Waals surface area contributed by atoms with Crippen LogP contribution in [0.5, 0.6) is 0 Å². The van der Waals surface area contributed by atoms with E-state index in [4.69, 9.17) is 0 Å². The summed E-state index contributed by atoms with van der Waals surface area (Å²) in [5.74, 6) is 0.898. The molecule has 1 saturated heterocycles. The third-order valence-corrected chi connectivity index (χ3v) is 3.80. The van der Waals surface area contributed by atoms with Crippen LogP contribution >= 0.6 is 24.8 Å². The van der Waals surface area contributed by atoms with Crippen molar-refractivity contribution >= 4 is 30.8 Å². The summed E-state index contributed by atoms with van der Waals surface area (Å²) >= 11 is 0. The minimum Gasteiger partial charge on any atom is -0.340 e. The van der Waals surface area contributed by atoms with E-state index in [1.54, 1.807) is 6.07 Å². The summed E-state index contributed by atoms with van der Waals surface area (Å²) in [6, 6.07) is 7.01. The summed E-state index contributed by atoms with van der Waals surface area (Å²) in [5, 5.41) is 0. The molecule has 1 fully saturated rings. The first-order chi connectivity index (χ1) is 9.74. The van der Waals surface area contributed by atoms with E-state index in [0.717, 1.165) is 37.7 Å². The maximum atomic E-state index is 13.6. The summed E-state index contributed by atoms with van der Waals surface area (Å²) in [4.78, 5) is 8.94. The van der Waals surface area contributed by atoms with Gasteiger partial charge in [0.15, 0.2) is 0 Å². The molecule has 2 heterocycles. The van der Waals surface area contributed by atoms with E-state index in [-0.39, 0.29) is 30.6 Å². The van der Waals surface area contributed by atoms with E-state index in [1.807, 2.05) is 36.1 Å². The van der Waals surface area contributed by atoms with E-state index in [0.29, 0.717) is 6.54 Å². The Hall–Kier alpha value is -1.30. The maximum absolute atomic E-state index is 13.6. The van der Waals surface area contributed by atoms with Crippen molar-refractivity contribution in [2.75, 3.05) is 31.1 Å². The predicted octanol–water partition coefficient (Wildman–Crippen LogP) is 2.73. The zero-order valence-corrected chi connectivity index (χ0v) is 14.1. The van der Waals surface area contributed by atoms with Crippen LogP contribution < -0.4 is 4.90 Å². The largest absolute Gasteiger partial charge is 0.340 e. The first-order valence-electron chi connectivity index (χ1n) is 6.92. The number of aryl methyl sites for hydroxylation is 1. The normalized spacial score (nSPS) is 15.1. The second-order valence-electron chi connectivity index (χ2n) is 5.19. The third kappa shape index (κ3) is 4.12. The standard InChI is InChI=1S/C15H19FN4.2ClH/c1-18-7-6-17-15(18)20-10-8-19(9-11-20)12-13-4-2-3-5-14(13)16;;/h2-7H,8-12H2,1H3;2*1H. The van der Waals surface area contributed by atoms with Crippen LogP contribution in [0.15, 0.2) is 36.7 Å². The molecule has 3 rings (SSSR count). The molecule has 0 atom stereocenters. The quantitative estimate of drug-likeness (QED) is 0.853. The van der Waals surface area contributed by atoms with Gasteiger partial charge in [0.25, 0.3) is 0 Å². The lowest BCUT2D eigenvalue weighted by atomic mass is 10.2. The number of anilines is 1. The molecule has 0 amide bonds. The van der Waals surface area contributed by atoms with E-state index in [2.05, 4.69) is 14.8 Å². The second kappa shape index (κ2) is 8.36. The van der Waals surface area contributed by atoms with Gasteiger partial charge in [-0.2, -0.15) is 0 Å². The number of hydrogen-bond donors (Lipinski definition) is 0. The zero-order chi connectivity index (χ0) is 13.9. The van der Waals surface area contributed by atoms with E-state index < -0.39 is 0 Å². The lowest BCUT2D eigenvalue weighted by molar-refractivity contribution is 0.245. The molecule has 0 N–H and O–H groups in total. The molecular formula is C15H21Cl2FN4. The number of nitrogens with zero attached hydrogens (tertiary/aromatic N) is 4. The highest BCUT2D eigenvalue weighted by molar-refractivity contribution is 5.85. The Morgan fingerprint density at radius 2 is 1.77 bits per heavy atom. The number of halogens is 3. The third-order valence-electron chi connectivity index (χ3n) is 3.80. The van der Waals surface area contributed by atoms with Gasteiger partial charge in [-0.1, -0.05) is 18.2 Å². The number of hydrogen-bond acceptors (Lipinski definition) is 3.